The first-order valence-corrected chi connectivity index (χ1v) is 6.62. The minimum absolute atomic E-state index is 0.171. The fraction of sp³-hybridized carbons (Fsp3) is 0.538. The van der Waals surface area contributed by atoms with E-state index in [2.05, 4.69) is 34.7 Å². The normalized spacial score (nSPS) is 11.5. The van der Waals surface area contributed by atoms with Crippen LogP contribution in [0.1, 0.15) is 25.8 Å². The molecule has 96 valence electrons. The summed E-state index contributed by atoms with van der Waals surface area (Å²) in [4.78, 5) is 2.15. The van der Waals surface area contributed by atoms with Gasteiger partial charge in [0.05, 0.1) is 0 Å². The second-order valence-corrected chi connectivity index (χ2v) is 5.29. The van der Waals surface area contributed by atoms with E-state index in [0.717, 1.165) is 11.0 Å². The van der Waals surface area contributed by atoms with Crippen molar-refractivity contribution >= 4 is 15.9 Å². The zero-order valence-electron chi connectivity index (χ0n) is 10.3. The molecular weight excluding hydrogens is 285 g/mol. The van der Waals surface area contributed by atoms with Gasteiger partial charge >= 0.3 is 0 Å². The summed E-state index contributed by atoms with van der Waals surface area (Å²) in [6.07, 6.45) is 0.716. The van der Waals surface area contributed by atoms with Crippen molar-refractivity contribution in [3.05, 3.63) is 34.1 Å². The molecule has 0 spiro atoms. The lowest BCUT2D eigenvalue weighted by molar-refractivity contribution is 0.183. The maximum Gasteiger partial charge on any atom is 0.127 e. The Hall–Kier alpha value is -0.450. The Bertz CT molecular complexity index is 357. The van der Waals surface area contributed by atoms with Crippen molar-refractivity contribution in [2.75, 3.05) is 13.2 Å². The van der Waals surface area contributed by atoms with Crippen molar-refractivity contribution in [2.24, 2.45) is 0 Å². The third kappa shape index (κ3) is 4.74. The van der Waals surface area contributed by atoms with Gasteiger partial charge in [-0.2, -0.15) is 0 Å². The third-order valence-corrected chi connectivity index (χ3v) is 3.21. The highest BCUT2D eigenvalue weighted by atomic mass is 79.9. The molecule has 0 bridgehead atoms. The maximum absolute atomic E-state index is 13.6. The Morgan fingerprint density at radius 3 is 2.71 bits per heavy atom. The molecule has 1 rings (SSSR count). The first kappa shape index (κ1) is 14.6. The Morgan fingerprint density at radius 1 is 1.41 bits per heavy atom. The zero-order valence-corrected chi connectivity index (χ0v) is 11.9. The van der Waals surface area contributed by atoms with Gasteiger partial charge in [-0.05, 0) is 38.5 Å². The van der Waals surface area contributed by atoms with Gasteiger partial charge in [-0.1, -0.05) is 15.9 Å². The summed E-state index contributed by atoms with van der Waals surface area (Å²) in [6, 6.07) is 5.32. The number of rotatable bonds is 6. The highest BCUT2D eigenvalue weighted by Gasteiger charge is 2.12. The smallest absolute Gasteiger partial charge is 0.127 e. The molecule has 1 aromatic rings. The van der Waals surface area contributed by atoms with Crippen molar-refractivity contribution in [1.82, 2.24) is 4.90 Å². The van der Waals surface area contributed by atoms with Crippen molar-refractivity contribution in [3.8, 4) is 0 Å². The predicted molar refractivity (Wildman–Crippen MR) is 71.3 cm³/mol. The Labute approximate surface area is 111 Å². The Kier molecular flexibility index (Phi) is 6.09. The molecule has 1 N–H and O–H groups in total. The molecule has 0 aliphatic heterocycles. The topological polar surface area (TPSA) is 23.5 Å². The zero-order chi connectivity index (χ0) is 12.8. The monoisotopic (exact) mass is 303 g/mol. The van der Waals surface area contributed by atoms with Gasteiger partial charge in [0.25, 0.3) is 0 Å². The van der Waals surface area contributed by atoms with E-state index in [1.54, 1.807) is 6.07 Å². The van der Waals surface area contributed by atoms with Crippen molar-refractivity contribution < 1.29 is 9.50 Å². The average Bonchev–Trinajstić information content (AvgIpc) is 2.28. The number of hydrogen-bond acceptors (Lipinski definition) is 2. The molecule has 0 saturated heterocycles. The molecular formula is C13H19BrFNO. The first-order chi connectivity index (χ1) is 8.04. The van der Waals surface area contributed by atoms with Crippen LogP contribution < -0.4 is 0 Å². The molecule has 0 atom stereocenters. The number of nitrogens with zero attached hydrogens (tertiary/aromatic N) is 1. The van der Waals surface area contributed by atoms with Gasteiger partial charge in [-0.25, -0.2) is 4.39 Å². The van der Waals surface area contributed by atoms with Crippen LogP contribution in [0.25, 0.3) is 0 Å². The number of aliphatic hydroxyl groups excluding tert-OH is 1. The lowest BCUT2D eigenvalue weighted by atomic mass is 10.1. The van der Waals surface area contributed by atoms with E-state index in [1.807, 2.05) is 6.07 Å². The summed E-state index contributed by atoms with van der Waals surface area (Å²) in [5.41, 5.74) is 0.686. The molecule has 0 unspecified atom stereocenters. The van der Waals surface area contributed by atoms with Crippen LogP contribution >= 0.6 is 15.9 Å². The van der Waals surface area contributed by atoms with Gasteiger partial charge in [0.2, 0.25) is 0 Å². The Balaban J connectivity index is 2.74. The first-order valence-electron chi connectivity index (χ1n) is 5.83. The van der Waals surface area contributed by atoms with E-state index in [9.17, 15) is 4.39 Å². The molecule has 4 heteroatoms. The van der Waals surface area contributed by atoms with Crippen LogP contribution in [-0.4, -0.2) is 29.2 Å². The molecule has 17 heavy (non-hydrogen) atoms. The van der Waals surface area contributed by atoms with E-state index in [4.69, 9.17) is 5.11 Å². The molecule has 0 radical (unpaired) electrons. The number of hydrogen-bond donors (Lipinski definition) is 1. The molecule has 0 aliphatic rings. The van der Waals surface area contributed by atoms with Crippen LogP contribution in [0.5, 0.6) is 0 Å². The van der Waals surface area contributed by atoms with Crippen LogP contribution in [0.15, 0.2) is 22.7 Å². The molecule has 0 aromatic heterocycles. The maximum atomic E-state index is 13.6. The second kappa shape index (κ2) is 7.09. The van der Waals surface area contributed by atoms with Gasteiger partial charge in [0.1, 0.15) is 5.82 Å². The van der Waals surface area contributed by atoms with E-state index < -0.39 is 0 Å². The van der Waals surface area contributed by atoms with Crippen LogP contribution in [0, 0.1) is 5.82 Å². The summed E-state index contributed by atoms with van der Waals surface area (Å²) in [5, 5.41) is 8.85. The molecule has 0 saturated carbocycles. The molecule has 1 aromatic carbocycles. The van der Waals surface area contributed by atoms with Gasteiger partial charge in [-0.3, -0.25) is 4.90 Å². The minimum atomic E-state index is -0.178. The van der Waals surface area contributed by atoms with Gasteiger partial charge in [-0.15, -0.1) is 0 Å². The molecule has 2 nitrogen and oxygen atoms in total. The Morgan fingerprint density at radius 2 is 2.12 bits per heavy atom. The van der Waals surface area contributed by atoms with E-state index in [1.165, 1.54) is 6.07 Å². The van der Waals surface area contributed by atoms with Gasteiger partial charge in [0, 0.05) is 35.8 Å². The number of aliphatic hydroxyl groups is 1. The fourth-order valence-corrected chi connectivity index (χ4v) is 2.09. The molecule has 0 aliphatic carbocycles. The quantitative estimate of drug-likeness (QED) is 0.872. The molecule has 0 amide bonds. The SMILES string of the molecule is CC(C)N(CCCO)Cc1cc(Br)ccc1F. The van der Waals surface area contributed by atoms with Crippen LogP contribution in [-0.2, 0) is 6.54 Å². The summed E-state index contributed by atoms with van der Waals surface area (Å²) in [7, 11) is 0. The molecule has 0 fully saturated rings. The van der Waals surface area contributed by atoms with Crippen molar-refractivity contribution in [2.45, 2.75) is 32.9 Å². The number of halogens is 2. The van der Waals surface area contributed by atoms with Crippen LogP contribution in [0.2, 0.25) is 0 Å². The van der Waals surface area contributed by atoms with E-state index >= 15 is 0 Å². The lowest BCUT2D eigenvalue weighted by Gasteiger charge is -2.26. The van der Waals surface area contributed by atoms with Gasteiger partial charge in [0.15, 0.2) is 0 Å². The summed E-state index contributed by atoms with van der Waals surface area (Å²) >= 11 is 3.35. The lowest BCUT2D eigenvalue weighted by Crippen LogP contribution is -2.32. The van der Waals surface area contributed by atoms with E-state index in [0.29, 0.717) is 24.6 Å². The average molecular weight is 304 g/mol. The molecule has 0 heterocycles. The number of benzene rings is 1. The summed E-state index contributed by atoms with van der Waals surface area (Å²) < 4.78 is 14.5. The highest BCUT2D eigenvalue weighted by Crippen LogP contribution is 2.18. The van der Waals surface area contributed by atoms with Crippen LogP contribution in [0.3, 0.4) is 0 Å². The van der Waals surface area contributed by atoms with Crippen molar-refractivity contribution in [1.29, 1.82) is 0 Å². The second-order valence-electron chi connectivity index (χ2n) is 4.38. The third-order valence-electron chi connectivity index (χ3n) is 2.71. The summed E-state index contributed by atoms with van der Waals surface area (Å²) in [5.74, 6) is -0.178. The van der Waals surface area contributed by atoms with Crippen molar-refractivity contribution in [3.63, 3.8) is 0 Å². The summed E-state index contributed by atoms with van der Waals surface area (Å²) in [6.45, 7) is 5.67. The van der Waals surface area contributed by atoms with Crippen LogP contribution in [0.4, 0.5) is 4.39 Å². The largest absolute Gasteiger partial charge is 0.396 e. The van der Waals surface area contributed by atoms with Gasteiger partial charge < -0.3 is 5.11 Å². The predicted octanol–water partition coefficient (Wildman–Crippen LogP) is 3.18. The minimum Gasteiger partial charge on any atom is -0.396 e. The highest BCUT2D eigenvalue weighted by molar-refractivity contribution is 9.10. The van der Waals surface area contributed by atoms with E-state index in [-0.39, 0.29) is 12.4 Å². The standard InChI is InChI=1S/C13H19BrFNO/c1-10(2)16(6-3-7-17)9-11-8-12(14)4-5-13(11)15/h4-5,8,10,17H,3,6-7,9H2,1-2H3. The fourth-order valence-electron chi connectivity index (χ4n) is 1.68.